The van der Waals surface area contributed by atoms with E-state index in [0.717, 1.165) is 12.8 Å². The van der Waals surface area contributed by atoms with E-state index in [0.29, 0.717) is 5.02 Å². The van der Waals surface area contributed by atoms with Gasteiger partial charge in [-0.2, -0.15) is 0 Å². The van der Waals surface area contributed by atoms with E-state index in [1.54, 1.807) is 12.1 Å². The molecule has 118 valence electrons. The van der Waals surface area contributed by atoms with Crippen LogP contribution in [0.1, 0.15) is 33.1 Å². The van der Waals surface area contributed by atoms with Gasteiger partial charge in [-0.05, 0) is 31.0 Å². The lowest BCUT2D eigenvalue weighted by molar-refractivity contribution is -0.121. The first-order chi connectivity index (χ1) is 9.89. The van der Waals surface area contributed by atoms with E-state index in [-0.39, 0.29) is 29.8 Å². The minimum atomic E-state index is -3.63. The summed E-state index contributed by atoms with van der Waals surface area (Å²) in [6.07, 6.45) is 1.82. The van der Waals surface area contributed by atoms with Crippen molar-refractivity contribution in [2.45, 2.75) is 44.0 Å². The van der Waals surface area contributed by atoms with Gasteiger partial charge in [0.1, 0.15) is 0 Å². The maximum Gasteiger partial charge on any atom is 0.240 e. The Bertz CT molecular complexity index is 571. The van der Waals surface area contributed by atoms with Gasteiger partial charge in [-0.25, -0.2) is 13.1 Å². The summed E-state index contributed by atoms with van der Waals surface area (Å²) in [4.78, 5) is 11.8. The molecule has 21 heavy (non-hydrogen) atoms. The summed E-state index contributed by atoms with van der Waals surface area (Å²) in [6, 6.07) is 6.13. The van der Waals surface area contributed by atoms with Gasteiger partial charge in [0, 0.05) is 24.0 Å². The second-order valence-electron chi connectivity index (χ2n) is 4.69. The van der Waals surface area contributed by atoms with Crippen molar-refractivity contribution in [1.29, 1.82) is 0 Å². The number of rotatable bonds is 8. The Balaban J connectivity index is 2.50. The number of carbonyl (C=O) groups excluding carboxylic acids is 1. The molecule has 0 atom stereocenters. The van der Waals surface area contributed by atoms with E-state index >= 15 is 0 Å². The molecule has 0 saturated carbocycles. The molecule has 0 radical (unpaired) electrons. The van der Waals surface area contributed by atoms with Crippen LogP contribution in [0.4, 0.5) is 0 Å². The van der Waals surface area contributed by atoms with Gasteiger partial charge in [0.15, 0.2) is 0 Å². The molecule has 7 heteroatoms. The standard InChI is InChI=1S/C14H21ClN2O3S/c1-3-12(4-2)17-14(18)8-9-16-21(19,20)13-7-5-6-11(15)10-13/h5-7,10,12,16H,3-4,8-9H2,1-2H3,(H,17,18). The molecule has 0 aliphatic heterocycles. The summed E-state index contributed by atoms with van der Waals surface area (Å²) in [5.41, 5.74) is 0. The molecule has 0 aromatic heterocycles. The van der Waals surface area contributed by atoms with Crippen LogP contribution in [0, 0.1) is 0 Å². The Morgan fingerprint density at radius 1 is 1.29 bits per heavy atom. The van der Waals surface area contributed by atoms with Crippen molar-refractivity contribution in [1.82, 2.24) is 10.0 Å². The molecular weight excluding hydrogens is 312 g/mol. The van der Waals surface area contributed by atoms with E-state index in [1.165, 1.54) is 12.1 Å². The van der Waals surface area contributed by atoms with Gasteiger partial charge in [-0.15, -0.1) is 0 Å². The highest BCUT2D eigenvalue weighted by atomic mass is 35.5. The lowest BCUT2D eigenvalue weighted by Gasteiger charge is -2.14. The second-order valence-corrected chi connectivity index (χ2v) is 6.89. The zero-order valence-electron chi connectivity index (χ0n) is 12.2. The van der Waals surface area contributed by atoms with E-state index in [1.807, 2.05) is 13.8 Å². The Labute approximate surface area is 131 Å². The molecule has 1 aromatic carbocycles. The summed E-state index contributed by atoms with van der Waals surface area (Å²) >= 11 is 5.77. The van der Waals surface area contributed by atoms with E-state index in [9.17, 15) is 13.2 Å². The van der Waals surface area contributed by atoms with Crippen LogP contribution in [0.5, 0.6) is 0 Å². The first-order valence-corrected chi connectivity index (χ1v) is 8.79. The first-order valence-electron chi connectivity index (χ1n) is 6.93. The van der Waals surface area contributed by atoms with Crippen molar-refractivity contribution in [3.05, 3.63) is 29.3 Å². The quantitative estimate of drug-likeness (QED) is 0.767. The Kier molecular flexibility index (Phi) is 7.14. The van der Waals surface area contributed by atoms with Crippen molar-refractivity contribution >= 4 is 27.5 Å². The smallest absolute Gasteiger partial charge is 0.240 e. The molecule has 1 rings (SSSR count). The van der Waals surface area contributed by atoms with Crippen molar-refractivity contribution in [2.75, 3.05) is 6.54 Å². The number of nitrogens with one attached hydrogen (secondary N) is 2. The second kappa shape index (κ2) is 8.36. The maximum absolute atomic E-state index is 12.0. The Hall–Kier alpha value is -1.11. The molecule has 5 nitrogen and oxygen atoms in total. The van der Waals surface area contributed by atoms with Crippen LogP contribution in [0.25, 0.3) is 0 Å². The number of hydrogen-bond acceptors (Lipinski definition) is 3. The molecule has 0 heterocycles. The average molecular weight is 333 g/mol. The van der Waals surface area contributed by atoms with Crippen LogP contribution in [-0.4, -0.2) is 26.9 Å². The van der Waals surface area contributed by atoms with E-state index in [4.69, 9.17) is 11.6 Å². The van der Waals surface area contributed by atoms with Gasteiger partial charge in [0.2, 0.25) is 15.9 Å². The van der Waals surface area contributed by atoms with Crippen LogP contribution >= 0.6 is 11.6 Å². The Morgan fingerprint density at radius 2 is 1.95 bits per heavy atom. The normalized spacial score (nSPS) is 11.6. The third kappa shape index (κ3) is 6.03. The van der Waals surface area contributed by atoms with Gasteiger partial charge >= 0.3 is 0 Å². The van der Waals surface area contributed by atoms with Gasteiger partial charge in [-0.1, -0.05) is 31.5 Å². The molecule has 0 saturated heterocycles. The lowest BCUT2D eigenvalue weighted by atomic mass is 10.1. The van der Waals surface area contributed by atoms with Crippen molar-refractivity contribution in [3.8, 4) is 0 Å². The summed E-state index contributed by atoms with van der Waals surface area (Å²) in [5.74, 6) is -0.155. The SMILES string of the molecule is CCC(CC)NC(=O)CCNS(=O)(=O)c1cccc(Cl)c1. The van der Waals surface area contributed by atoms with Crippen molar-refractivity contribution in [2.24, 2.45) is 0 Å². The van der Waals surface area contributed by atoms with Gasteiger partial charge in [0.25, 0.3) is 0 Å². The maximum atomic E-state index is 12.0. The molecule has 0 aliphatic rings. The van der Waals surface area contributed by atoms with Crippen molar-refractivity contribution < 1.29 is 13.2 Å². The predicted octanol–water partition coefficient (Wildman–Crippen LogP) is 2.31. The van der Waals surface area contributed by atoms with Gasteiger partial charge < -0.3 is 5.32 Å². The molecule has 0 spiro atoms. The van der Waals surface area contributed by atoms with Gasteiger partial charge in [0.05, 0.1) is 4.90 Å². The molecule has 0 aliphatic carbocycles. The average Bonchev–Trinajstić information content (AvgIpc) is 2.44. The highest BCUT2D eigenvalue weighted by molar-refractivity contribution is 7.89. The molecule has 2 N–H and O–H groups in total. The lowest BCUT2D eigenvalue weighted by Crippen LogP contribution is -2.36. The zero-order valence-corrected chi connectivity index (χ0v) is 13.8. The Morgan fingerprint density at radius 3 is 2.52 bits per heavy atom. The van der Waals surface area contributed by atoms with Crippen LogP contribution in [0.2, 0.25) is 5.02 Å². The third-order valence-electron chi connectivity index (χ3n) is 3.10. The molecule has 1 aromatic rings. The minimum absolute atomic E-state index is 0.0564. The fourth-order valence-corrected chi connectivity index (χ4v) is 3.14. The fraction of sp³-hybridized carbons (Fsp3) is 0.500. The van der Waals surface area contributed by atoms with E-state index in [2.05, 4.69) is 10.0 Å². The molecular formula is C14H21ClN2O3S. The number of carbonyl (C=O) groups is 1. The van der Waals surface area contributed by atoms with E-state index < -0.39 is 10.0 Å². The molecule has 1 amide bonds. The van der Waals surface area contributed by atoms with Crippen LogP contribution < -0.4 is 10.0 Å². The number of sulfonamides is 1. The van der Waals surface area contributed by atoms with Crippen molar-refractivity contribution in [3.63, 3.8) is 0 Å². The highest BCUT2D eigenvalue weighted by Gasteiger charge is 2.15. The monoisotopic (exact) mass is 332 g/mol. The molecule has 0 unspecified atom stereocenters. The highest BCUT2D eigenvalue weighted by Crippen LogP contribution is 2.15. The van der Waals surface area contributed by atoms with Crippen LogP contribution in [-0.2, 0) is 14.8 Å². The number of hydrogen-bond donors (Lipinski definition) is 2. The van der Waals surface area contributed by atoms with Gasteiger partial charge in [-0.3, -0.25) is 4.79 Å². The zero-order chi connectivity index (χ0) is 15.9. The first kappa shape index (κ1) is 17.9. The number of halogens is 1. The van der Waals surface area contributed by atoms with Crippen LogP contribution in [0.3, 0.4) is 0 Å². The summed E-state index contributed by atoms with van der Waals surface area (Å²) in [7, 11) is -3.63. The summed E-state index contributed by atoms with van der Waals surface area (Å²) in [5, 5.41) is 3.21. The van der Waals surface area contributed by atoms with Crippen LogP contribution in [0.15, 0.2) is 29.2 Å². The number of amides is 1. The summed E-state index contributed by atoms with van der Waals surface area (Å²) < 4.78 is 26.4. The topological polar surface area (TPSA) is 75.3 Å². The molecule has 0 fully saturated rings. The number of benzene rings is 1. The third-order valence-corrected chi connectivity index (χ3v) is 4.80. The molecule has 0 bridgehead atoms. The fourth-order valence-electron chi connectivity index (χ4n) is 1.81. The minimum Gasteiger partial charge on any atom is -0.353 e. The predicted molar refractivity (Wildman–Crippen MR) is 83.8 cm³/mol. The largest absolute Gasteiger partial charge is 0.353 e. The summed E-state index contributed by atoms with van der Waals surface area (Å²) in [6.45, 7) is 4.05.